The summed E-state index contributed by atoms with van der Waals surface area (Å²) in [6.45, 7) is 2.80. The maximum absolute atomic E-state index is 8.52. The van der Waals surface area contributed by atoms with Crippen molar-refractivity contribution in [2.24, 2.45) is 10.9 Å². The maximum atomic E-state index is 8.52. The van der Waals surface area contributed by atoms with E-state index in [0.717, 1.165) is 18.6 Å². The third-order valence-electron chi connectivity index (χ3n) is 2.00. The van der Waals surface area contributed by atoms with E-state index >= 15 is 0 Å². The van der Waals surface area contributed by atoms with Crippen molar-refractivity contribution in [2.75, 3.05) is 6.61 Å². The normalized spacial score (nSPS) is 11.4. The zero-order chi connectivity index (χ0) is 11.1. The molecular formula is C11H16N2O2. The highest BCUT2D eigenvalue weighted by molar-refractivity contribution is 5.97. The summed E-state index contributed by atoms with van der Waals surface area (Å²) in [5.41, 5.74) is 6.12. The van der Waals surface area contributed by atoms with E-state index in [1.807, 2.05) is 12.1 Å². The highest BCUT2D eigenvalue weighted by Crippen LogP contribution is 2.13. The molecule has 1 aromatic rings. The van der Waals surface area contributed by atoms with Gasteiger partial charge in [-0.3, -0.25) is 0 Å². The summed E-state index contributed by atoms with van der Waals surface area (Å²) < 4.78 is 5.49. The van der Waals surface area contributed by atoms with Crippen LogP contribution in [0.3, 0.4) is 0 Å². The molecule has 0 heterocycles. The molecule has 0 spiro atoms. The molecule has 4 heteroatoms. The molecule has 0 radical (unpaired) electrons. The first-order valence-corrected chi connectivity index (χ1v) is 4.98. The minimum absolute atomic E-state index is 0.0935. The molecule has 0 bridgehead atoms. The topological polar surface area (TPSA) is 67.8 Å². The van der Waals surface area contributed by atoms with Crippen LogP contribution in [0.4, 0.5) is 0 Å². The van der Waals surface area contributed by atoms with Crippen molar-refractivity contribution in [2.45, 2.75) is 19.8 Å². The second-order valence-corrected chi connectivity index (χ2v) is 3.22. The van der Waals surface area contributed by atoms with E-state index in [1.165, 1.54) is 0 Å². The minimum atomic E-state index is 0.0935. The zero-order valence-electron chi connectivity index (χ0n) is 8.81. The monoisotopic (exact) mass is 208 g/mol. The van der Waals surface area contributed by atoms with Crippen LogP contribution in [-0.4, -0.2) is 17.6 Å². The van der Waals surface area contributed by atoms with Crippen molar-refractivity contribution in [1.29, 1.82) is 0 Å². The molecule has 1 aromatic carbocycles. The molecule has 82 valence electrons. The van der Waals surface area contributed by atoms with Gasteiger partial charge in [0.25, 0.3) is 0 Å². The summed E-state index contributed by atoms with van der Waals surface area (Å²) in [7, 11) is 0. The standard InChI is InChI=1S/C11H16N2O2/c1-2-3-7-15-10-6-4-5-9(8-10)11(12)13-14/h4-6,8,14H,2-3,7H2,1H3,(H2,12,13). The van der Waals surface area contributed by atoms with Crippen LogP contribution in [0.15, 0.2) is 29.4 Å². The Balaban J connectivity index is 2.66. The quantitative estimate of drug-likeness (QED) is 0.255. The molecule has 0 aromatic heterocycles. The van der Waals surface area contributed by atoms with Gasteiger partial charge in [-0.1, -0.05) is 30.6 Å². The van der Waals surface area contributed by atoms with E-state index in [1.54, 1.807) is 12.1 Å². The van der Waals surface area contributed by atoms with Gasteiger partial charge >= 0.3 is 0 Å². The third kappa shape index (κ3) is 3.50. The molecule has 0 aliphatic carbocycles. The lowest BCUT2D eigenvalue weighted by molar-refractivity contribution is 0.309. The zero-order valence-corrected chi connectivity index (χ0v) is 8.81. The van der Waals surface area contributed by atoms with Crippen LogP contribution in [0.2, 0.25) is 0 Å². The predicted molar refractivity (Wildman–Crippen MR) is 59.4 cm³/mol. The van der Waals surface area contributed by atoms with Gasteiger partial charge < -0.3 is 15.7 Å². The van der Waals surface area contributed by atoms with Crippen LogP contribution in [-0.2, 0) is 0 Å². The summed E-state index contributed by atoms with van der Waals surface area (Å²) in [4.78, 5) is 0. The first-order valence-electron chi connectivity index (χ1n) is 4.98. The highest BCUT2D eigenvalue weighted by Gasteiger charge is 2.00. The lowest BCUT2D eigenvalue weighted by Gasteiger charge is -2.06. The predicted octanol–water partition coefficient (Wildman–Crippen LogP) is 1.96. The summed E-state index contributed by atoms with van der Waals surface area (Å²) in [6, 6.07) is 7.19. The second kappa shape index (κ2) is 5.90. The Hall–Kier alpha value is -1.71. The molecule has 0 aliphatic heterocycles. The summed E-state index contributed by atoms with van der Waals surface area (Å²) in [6.07, 6.45) is 2.12. The van der Waals surface area contributed by atoms with Crippen molar-refractivity contribution in [1.82, 2.24) is 0 Å². The molecular weight excluding hydrogens is 192 g/mol. The number of nitrogens with zero attached hydrogens (tertiary/aromatic N) is 1. The van der Waals surface area contributed by atoms with E-state index in [9.17, 15) is 0 Å². The molecule has 0 atom stereocenters. The molecule has 4 nitrogen and oxygen atoms in total. The third-order valence-corrected chi connectivity index (χ3v) is 2.00. The van der Waals surface area contributed by atoms with Crippen molar-refractivity contribution >= 4 is 5.84 Å². The van der Waals surface area contributed by atoms with E-state index in [4.69, 9.17) is 15.7 Å². The number of hydrogen-bond donors (Lipinski definition) is 2. The largest absolute Gasteiger partial charge is 0.494 e. The summed E-state index contributed by atoms with van der Waals surface area (Å²) in [5.74, 6) is 0.837. The van der Waals surface area contributed by atoms with Crippen molar-refractivity contribution in [3.05, 3.63) is 29.8 Å². The molecule has 0 fully saturated rings. The fourth-order valence-electron chi connectivity index (χ4n) is 1.14. The van der Waals surface area contributed by atoms with E-state index in [0.29, 0.717) is 12.2 Å². The molecule has 0 amide bonds. The number of amidine groups is 1. The van der Waals surface area contributed by atoms with Gasteiger partial charge in [0.15, 0.2) is 5.84 Å². The Labute approximate surface area is 89.4 Å². The number of hydrogen-bond acceptors (Lipinski definition) is 3. The van der Waals surface area contributed by atoms with Gasteiger partial charge in [0.05, 0.1) is 6.61 Å². The second-order valence-electron chi connectivity index (χ2n) is 3.22. The lowest BCUT2D eigenvalue weighted by atomic mass is 10.2. The molecule has 3 N–H and O–H groups in total. The summed E-state index contributed by atoms with van der Waals surface area (Å²) >= 11 is 0. The van der Waals surface area contributed by atoms with Gasteiger partial charge in [-0.05, 0) is 18.6 Å². The van der Waals surface area contributed by atoms with Crippen LogP contribution in [0.5, 0.6) is 5.75 Å². The number of unbranched alkanes of at least 4 members (excludes halogenated alkanes) is 1. The Morgan fingerprint density at radius 2 is 2.33 bits per heavy atom. The maximum Gasteiger partial charge on any atom is 0.170 e. The van der Waals surface area contributed by atoms with Crippen LogP contribution in [0.1, 0.15) is 25.3 Å². The first kappa shape index (κ1) is 11.4. The highest BCUT2D eigenvalue weighted by atomic mass is 16.5. The number of benzene rings is 1. The molecule has 0 saturated carbocycles. The van der Waals surface area contributed by atoms with Gasteiger partial charge in [-0.25, -0.2) is 0 Å². The van der Waals surface area contributed by atoms with Gasteiger partial charge in [-0.15, -0.1) is 0 Å². The summed E-state index contributed by atoms with van der Waals surface area (Å²) in [5, 5.41) is 11.5. The fraction of sp³-hybridized carbons (Fsp3) is 0.364. The average Bonchev–Trinajstić information content (AvgIpc) is 2.29. The van der Waals surface area contributed by atoms with Crippen molar-refractivity contribution < 1.29 is 9.94 Å². The number of oxime groups is 1. The Bertz CT molecular complexity index is 337. The SMILES string of the molecule is CCCCOc1cccc(/C(N)=N/O)c1. The molecule has 0 aliphatic rings. The molecule has 0 unspecified atom stereocenters. The van der Waals surface area contributed by atoms with Crippen molar-refractivity contribution in [3.8, 4) is 5.75 Å². The molecule has 0 saturated heterocycles. The Morgan fingerprint density at radius 3 is 3.00 bits per heavy atom. The van der Waals surface area contributed by atoms with E-state index in [-0.39, 0.29) is 5.84 Å². The van der Waals surface area contributed by atoms with Crippen LogP contribution in [0.25, 0.3) is 0 Å². The van der Waals surface area contributed by atoms with Gasteiger partial charge in [0.1, 0.15) is 5.75 Å². The Kier molecular flexibility index (Phi) is 4.47. The number of nitrogens with two attached hydrogens (primary N) is 1. The first-order chi connectivity index (χ1) is 7.27. The van der Waals surface area contributed by atoms with Gasteiger partial charge in [-0.2, -0.15) is 0 Å². The number of rotatable bonds is 5. The Morgan fingerprint density at radius 1 is 1.53 bits per heavy atom. The smallest absolute Gasteiger partial charge is 0.170 e. The van der Waals surface area contributed by atoms with E-state index < -0.39 is 0 Å². The van der Waals surface area contributed by atoms with Crippen molar-refractivity contribution in [3.63, 3.8) is 0 Å². The van der Waals surface area contributed by atoms with Gasteiger partial charge in [0, 0.05) is 5.56 Å². The fourth-order valence-corrected chi connectivity index (χ4v) is 1.14. The van der Waals surface area contributed by atoms with Crippen LogP contribution in [0, 0.1) is 0 Å². The van der Waals surface area contributed by atoms with Crippen LogP contribution < -0.4 is 10.5 Å². The van der Waals surface area contributed by atoms with E-state index in [2.05, 4.69) is 12.1 Å². The average molecular weight is 208 g/mol. The molecule has 15 heavy (non-hydrogen) atoms. The van der Waals surface area contributed by atoms with Gasteiger partial charge in [0.2, 0.25) is 0 Å². The lowest BCUT2D eigenvalue weighted by Crippen LogP contribution is -2.13. The van der Waals surface area contributed by atoms with Crippen LogP contribution >= 0.6 is 0 Å². The molecule has 1 rings (SSSR count). The minimum Gasteiger partial charge on any atom is -0.494 e. The number of ether oxygens (including phenoxy) is 1.